The molecule has 0 bridgehead atoms. The standard InChI is InChI=1S/C25H24F3N5O/c1-15-12-13-29-24(30-15)32-21(16-4-8-18(9-5-16)25(26,27)28)20-11-7-17-6-10-19(14-33(2)3)31-22(17)23(20)34/h4-13,21,34H,14H2,1-3H3,(H,29,30,32)/t21-/m0/s1. The molecule has 2 N–H and O–H groups in total. The summed E-state index contributed by atoms with van der Waals surface area (Å²) in [6.07, 6.45) is -2.86. The van der Waals surface area contributed by atoms with E-state index in [1.54, 1.807) is 18.3 Å². The van der Waals surface area contributed by atoms with Crippen molar-refractivity contribution in [3.8, 4) is 5.75 Å². The van der Waals surface area contributed by atoms with Crippen molar-refractivity contribution in [1.29, 1.82) is 0 Å². The number of aromatic nitrogens is 3. The molecule has 0 saturated carbocycles. The van der Waals surface area contributed by atoms with Crippen molar-refractivity contribution in [3.05, 3.63) is 88.9 Å². The number of pyridine rings is 1. The number of halogens is 3. The Morgan fingerprint density at radius 3 is 2.32 bits per heavy atom. The lowest BCUT2D eigenvalue weighted by molar-refractivity contribution is -0.137. The number of nitrogens with one attached hydrogen (secondary N) is 1. The summed E-state index contributed by atoms with van der Waals surface area (Å²) in [4.78, 5) is 15.2. The van der Waals surface area contributed by atoms with Crippen LogP contribution in [0.5, 0.6) is 5.75 Å². The Hall–Kier alpha value is -3.72. The first-order chi connectivity index (χ1) is 16.1. The number of rotatable bonds is 6. The van der Waals surface area contributed by atoms with Gasteiger partial charge < -0.3 is 15.3 Å². The fourth-order valence-corrected chi connectivity index (χ4v) is 3.73. The molecule has 0 spiro atoms. The third-order valence-corrected chi connectivity index (χ3v) is 5.35. The first-order valence-electron chi connectivity index (χ1n) is 10.6. The Bertz CT molecular complexity index is 1310. The van der Waals surface area contributed by atoms with Crippen molar-refractivity contribution in [1.82, 2.24) is 19.9 Å². The molecule has 4 aromatic rings. The van der Waals surface area contributed by atoms with Crippen molar-refractivity contribution in [3.63, 3.8) is 0 Å². The highest BCUT2D eigenvalue weighted by Crippen LogP contribution is 2.37. The van der Waals surface area contributed by atoms with Gasteiger partial charge in [0.2, 0.25) is 5.95 Å². The van der Waals surface area contributed by atoms with Crippen LogP contribution in [-0.2, 0) is 12.7 Å². The molecular weight excluding hydrogens is 443 g/mol. The van der Waals surface area contributed by atoms with Gasteiger partial charge in [0, 0.05) is 29.4 Å². The largest absolute Gasteiger partial charge is 0.505 e. The molecule has 2 aromatic carbocycles. The molecular formula is C25H24F3N5O. The molecule has 0 radical (unpaired) electrons. The van der Waals surface area contributed by atoms with Crippen LogP contribution in [-0.4, -0.2) is 39.1 Å². The van der Waals surface area contributed by atoms with Gasteiger partial charge in [0.15, 0.2) is 0 Å². The molecule has 9 heteroatoms. The van der Waals surface area contributed by atoms with Gasteiger partial charge in [-0.05, 0) is 50.8 Å². The van der Waals surface area contributed by atoms with Crippen LogP contribution in [0.25, 0.3) is 10.9 Å². The zero-order chi connectivity index (χ0) is 24.5. The minimum absolute atomic E-state index is 0.0526. The summed E-state index contributed by atoms with van der Waals surface area (Å²) in [5, 5.41) is 15.1. The highest BCUT2D eigenvalue weighted by Gasteiger charge is 2.30. The first-order valence-corrected chi connectivity index (χ1v) is 10.6. The average Bonchev–Trinajstić information content (AvgIpc) is 2.78. The van der Waals surface area contributed by atoms with E-state index in [9.17, 15) is 18.3 Å². The van der Waals surface area contributed by atoms with Gasteiger partial charge in [-0.15, -0.1) is 0 Å². The maximum absolute atomic E-state index is 13.1. The highest BCUT2D eigenvalue weighted by molar-refractivity contribution is 5.86. The predicted molar refractivity (Wildman–Crippen MR) is 124 cm³/mol. The summed E-state index contributed by atoms with van der Waals surface area (Å²) in [6.45, 7) is 2.40. The van der Waals surface area contributed by atoms with Crippen LogP contribution in [0.3, 0.4) is 0 Å². The second kappa shape index (κ2) is 9.26. The molecule has 0 amide bonds. The molecule has 2 heterocycles. The number of aryl methyl sites for hydroxylation is 1. The lowest BCUT2D eigenvalue weighted by Gasteiger charge is -2.22. The van der Waals surface area contributed by atoms with E-state index in [0.717, 1.165) is 28.9 Å². The van der Waals surface area contributed by atoms with Crippen LogP contribution in [0.1, 0.15) is 34.1 Å². The minimum atomic E-state index is -4.45. The second-order valence-corrected chi connectivity index (χ2v) is 8.33. The number of benzene rings is 2. The normalized spacial score (nSPS) is 12.8. The van der Waals surface area contributed by atoms with Gasteiger partial charge in [-0.3, -0.25) is 0 Å². The number of fused-ring (bicyclic) bond motifs is 1. The molecule has 4 rings (SSSR count). The smallest absolute Gasteiger partial charge is 0.416 e. The molecule has 6 nitrogen and oxygen atoms in total. The van der Waals surface area contributed by atoms with Crippen molar-refractivity contribution in [2.45, 2.75) is 25.7 Å². The summed E-state index contributed by atoms with van der Waals surface area (Å²) in [7, 11) is 3.85. The maximum Gasteiger partial charge on any atom is 0.416 e. The van der Waals surface area contributed by atoms with E-state index in [0.29, 0.717) is 29.1 Å². The first kappa shape index (κ1) is 23.4. The monoisotopic (exact) mass is 467 g/mol. The summed E-state index contributed by atoms with van der Waals surface area (Å²) in [6, 6.07) is 13.2. The van der Waals surface area contributed by atoms with Crippen molar-refractivity contribution < 1.29 is 18.3 Å². The van der Waals surface area contributed by atoms with Crippen LogP contribution in [0.15, 0.2) is 60.8 Å². The number of hydrogen-bond donors (Lipinski definition) is 2. The summed E-state index contributed by atoms with van der Waals surface area (Å²) in [5.41, 5.74) is 2.14. The zero-order valence-corrected chi connectivity index (χ0v) is 18.9. The van der Waals surface area contributed by atoms with E-state index >= 15 is 0 Å². The van der Waals surface area contributed by atoms with E-state index in [4.69, 9.17) is 0 Å². The van der Waals surface area contributed by atoms with E-state index in [2.05, 4.69) is 20.3 Å². The quantitative estimate of drug-likeness (QED) is 0.400. The van der Waals surface area contributed by atoms with Gasteiger partial charge >= 0.3 is 6.18 Å². The topological polar surface area (TPSA) is 74.2 Å². The van der Waals surface area contributed by atoms with Gasteiger partial charge in [-0.25, -0.2) is 15.0 Å². The van der Waals surface area contributed by atoms with Crippen LogP contribution >= 0.6 is 0 Å². The van der Waals surface area contributed by atoms with E-state index in [1.807, 2.05) is 44.1 Å². The summed E-state index contributed by atoms with van der Waals surface area (Å²) >= 11 is 0. The second-order valence-electron chi connectivity index (χ2n) is 8.33. The summed E-state index contributed by atoms with van der Waals surface area (Å²) < 4.78 is 39.3. The maximum atomic E-state index is 13.1. The Balaban J connectivity index is 1.82. The molecule has 0 aliphatic heterocycles. The Morgan fingerprint density at radius 1 is 0.971 bits per heavy atom. The molecule has 0 aliphatic rings. The Kier molecular flexibility index (Phi) is 6.39. The van der Waals surface area contributed by atoms with Crippen LogP contribution in [0.4, 0.5) is 19.1 Å². The number of hydrogen-bond acceptors (Lipinski definition) is 6. The molecule has 176 valence electrons. The molecule has 34 heavy (non-hydrogen) atoms. The average molecular weight is 467 g/mol. The molecule has 0 aliphatic carbocycles. The number of alkyl halides is 3. The number of aromatic hydroxyl groups is 1. The molecule has 0 fully saturated rings. The third-order valence-electron chi connectivity index (χ3n) is 5.35. The number of anilines is 1. The van der Waals surface area contributed by atoms with Crippen LogP contribution in [0, 0.1) is 6.92 Å². The molecule has 1 atom stereocenters. The third kappa shape index (κ3) is 5.09. The van der Waals surface area contributed by atoms with Crippen LogP contribution < -0.4 is 5.32 Å². The van der Waals surface area contributed by atoms with Gasteiger partial charge in [-0.1, -0.05) is 30.3 Å². The Labute approximate surface area is 195 Å². The van der Waals surface area contributed by atoms with Gasteiger partial charge in [0.1, 0.15) is 11.3 Å². The van der Waals surface area contributed by atoms with Gasteiger partial charge in [0.25, 0.3) is 0 Å². The van der Waals surface area contributed by atoms with Crippen molar-refractivity contribution >= 4 is 16.9 Å². The van der Waals surface area contributed by atoms with Crippen molar-refractivity contribution in [2.75, 3.05) is 19.4 Å². The SMILES string of the molecule is Cc1ccnc(N[C@@H](c2ccc(C(F)(F)F)cc2)c2ccc3ccc(CN(C)C)nc3c2O)n1. The number of phenolic OH excluding ortho intramolecular Hbond substituents is 1. The lowest BCUT2D eigenvalue weighted by Crippen LogP contribution is -2.16. The van der Waals surface area contributed by atoms with Crippen LogP contribution in [0.2, 0.25) is 0 Å². The predicted octanol–water partition coefficient (Wildman–Crippen LogP) is 5.32. The highest BCUT2D eigenvalue weighted by atomic mass is 19.4. The minimum Gasteiger partial charge on any atom is -0.505 e. The Morgan fingerprint density at radius 2 is 1.68 bits per heavy atom. The van der Waals surface area contributed by atoms with E-state index in [-0.39, 0.29) is 5.75 Å². The zero-order valence-electron chi connectivity index (χ0n) is 18.9. The fraction of sp³-hybridized carbons (Fsp3) is 0.240. The fourth-order valence-electron chi connectivity index (χ4n) is 3.73. The van der Waals surface area contributed by atoms with Gasteiger partial charge in [-0.2, -0.15) is 13.2 Å². The lowest BCUT2D eigenvalue weighted by atomic mass is 9.95. The number of nitrogens with zero attached hydrogens (tertiary/aromatic N) is 4. The van der Waals surface area contributed by atoms with Gasteiger partial charge in [0.05, 0.1) is 17.3 Å². The summed E-state index contributed by atoms with van der Waals surface area (Å²) in [5.74, 6) is 0.238. The van der Waals surface area contributed by atoms with E-state index < -0.39 is 17.8 Å². The molecule has 0 unspecified atom stereocenters. The molecule has 0 saturated heterocycles. The molecule has 2 aromatic heterocycles. The number of phenols is 1. The van der Waals surface area contributed by atoms with E-state index in [1.165, 1.54) is 12.1 Å². The van der Waals surface area contributed by atoms with Crippen molar-refractivity contribution in [2.24, 2.45) is 0 Å².